The number of nitrogens with zero attached hydrogens (tertiary/aromatic N) is 6. The summed E-state index contributed by atoms with van der Waals surface area (Å²) in [4.78, 5) is 23.6. The first-order chi connectivity index (χ1) is 25.9. The number of nitrogens with one attached hydrogen (secondary N) is 1. The first-order valence-corrected chi connectivity index (χ1v) is 18.9. The number of benzene rings is 2. The van der Waals surface area contributed by atoms with E-state index >= 15 is 4.39 Å². The summed E-state index contributed by atoms with van der Waals surface area (Å²) in [5.41, 5.74) is 3.19. The summed E-state index contributed by atoms with van der Waals surface area (Å²) in [5, 5.41) is 13.6. The van der Waals surface area contributed by atoms with Gasteiger partial charge in [-0.05, 0) is 80.9 Å². The fourth-order valence-corrected chi connectivity index (χ4v) is 8.48. The van der Waals surface area contributed by atoms with E-state index in [0.717, 1.165) is 57.1 Å². The van der Waals surface area contributed by atoms with Crippen LogP contribution in [0.25, 0.3) is 32.1 Å². The van der Waals surface area contributed by atoms with Crippen LogP contribution in [0.3, 0.4) is 0 Å². The van der Waals surface area contributed by atoms with Gasteiger partial charge in [0.2, 0.25) is 0 Å². The molecule has 0 radical (unpaired) electrons. The lowest BCUT2D eigenvalue weighted by atomic mass is 9.92. The van der Waals surface area contributed by atoms with Gasteiger partial charge in [0.1, 0.15) is 40.1 Å². The van der Waals surface area contributed by atoms with Gasteiger partial charge >= 0.3 is 12.2 Å². The maximum absolute atomic E-state index is 15.9. The lowest BCUT2D eigenvalue weighted by molar-refractivity contribution is -0.137. The Labute approximate surface area is 314 Å². The van der Waals surface area contributed by atoms with Crippen molar-refractivity contribution >= 4 is 60.6 Å². The summed E-state index contributed by atoms with van der Waals surface area (Å²) >= 11 is 2.03. The molecule has 0 aliphatic carbocycles. The number of nitriles is 1. The second-order valence-corrected chi connectivity index (χ2v) is 14.6. The number of aromatic nitrogens is 3. The molecule has 3 aliphatic rings. The zero-order valence-electron chi connectivity index (χ0n) is 29.3. The molecule has 0 saturated carbocycles. The third-order valence-electron chi connectivity index (χ3n) is 9.45. The van der Waals surface area contributed by atoms with E-state index < -0.39 is 40.6 Å². The van der Waals surface area contributed by atoms with Gasteiger partial charge in [-0.15, -0.1) is 11.3 Å². The van der Waals surface area contributed by atoms with Crippen LogP contribution in [0.4, 0.5) is 37.2 Å². The van der Waals surface area contributed by atoms with E-state index in [0.29, 0.717) is 29.6 Å². The number of amides is 1. The van der Waals surface area contributed by atoms with Gasteiger partial charge in [0, 0.05) is 53.9 Å². The number of methoxy groups -OCH3 is 1. The topological polar surface area (TPSA) is 133 Å². The van der Waals surface area contributed by atoms with Crippen LogP contribution in [0.1, 0.15) is 60.6 Å². The van der Waals surface area contributed by atoms with Gasteiger partial charge in [0.15, 0.2) is 5.82 Å². The fraction of sp³-hybridized carbons (Fsp3) is 0.417. The van der Waals surface area contributed by atoms with Crippen molar-refractivity contribution in [2.75, 3.05) is 50.9 Å². The summed E-state index contributed by atoms with van der Waals surface area (Å²) < 4.78 is 94.2. The van der Waals surface area contributed by atoms with Gasteiger partial charge in [-0.3, -0.25) is 9.69 Å². The molecule has 6 heterocycles. The van der Waals surface area contributed by atoms with Crippen LogP contribution in [0.15, 0.2) is 29.6 Å². The number of thiophene rings is 1. The predicted molar refractivity (Wildman–Crippen MR) is 196 cm³/mol. The molecule has 0 spiro atoms. The maximum Gasteiger partial charge on any atom is 0.417 e. The molecule has 3 fully saturated rings. The molecule has 2 aromatic carbocycles. The predicted octanol–water partition coefficient (Wildman–Crippen LogP) is 8.27. The molecule has 3 saturated heterocycles. The SMILES string of the molecule is CCNc1nc(OC)nc2c(F)c(-c3ccc(F)c4sc(N)c(C#N)c34)c(C(F)(F)F)cc12.FC1CC2CCCN2C1.O=C(c1ccsn1)N1CCCC1. The van der Waals surface area contributed by atoms with E-state index in [1.165, 1.54) is 31.5 Å². The molecule has 8 rings (SSSR count). The minimum Gasteiger partial charge on any atom is -0.467 e. The number of nitrogen functional groups attached to an aromatic ring is 1. The largest absolute Gasteiger partial charge is 0.467 e. The first kappa shape index (κ1) is 39.0. The third kappa shape index (κ3) is 7.89. The lowest BCUT2D eigenvalue weighted by Gasteiger charge is -2.18. The number of ether oxygens (including phenoxy) is 1. The summed E-state index contributed by atoms with van der Waals surface area (Å²) in [6, 6.07) is 6.53. The quantitative estimate of drug-likeness (QED) is 0.169. The highest BCUT2D eigenvalue weighted by molar-refractivity contribution is 7.23. The van der Waals surface area contributed by atoms with Crippen molar-refractivity contribution in [2.24, 2.45) is 0 Å². The minimum atomic E-state index is -5.00. The molecule has 54 heavy (non-hydrogen) atoms. The Balaban J connectivity index is 0.000000189. The molecule has 18 heteroatoms. The standard InChI is InChI=1S/C21H14F5N5OS.C8H10N2OS.C7H12FN/c1-3-29-19-9-6-11(21(24,25)26)14(15(23)16(9)30-20(31-19)32-2)8-4-5-12(22)17-13(8)10(7-27)18(28)33-17;11-8(7-3-6-12-9-7)10-4-1-2-5-10;8-6-4-7-2-1-3-9(7)5-6/h4-6H,3,28H2,1-2H3,(H,29,30,31);3,6H,1-2,4-5H2;6-7H,1-5H2. The molecule has 10 nitrogen and oxygen atoms in total. The molecular weight excluding hydrogens is 755 g/mol. The van der Waals surface area contributed by atoms with Crippen LogP contribution < -0.4 is 15.8 Å². The summed E-state index contributed by atoms with van der Waals surface area (Å²) in [6.45, 7) is 5.64. The monoisotopic (exact) mass is 790 g/mol. The van der Waals surface area contributed by atoms with E-state index in [1.807, 2.05) is 10.3 Å². The van der Waals surface area contributed by atoms with Crippen LogP contribution >= 0.6 is 22.9 Å². The highest BCUT2D eigenvalue weighted by atomic mass is 32.1. The van der Waals surface area contributed by atoms with Crippen molar-refractivity contribution < 1.29 is 35.9 Å². The van der Waals surface area contributed by atoms with Gasteiger partial charge in [-0.25, -0.2) is 13.2 Å². The minimum absolute atomic E-state index is 0.0444. The third-order valence-corrected chi connectivity index (χ3v) is 11.0. The number of nitrogens with two attached hydrogens (primary N) is 1. The van der Waals surface area contributed by atoms with E-state index in [4.69, 9.17) is 10.5 Å². The Hall–Kier alpha value is -4.73. The van der Waals surface area contributed by atoms with Gasteiger partial charge in [-0.2, -0.15) is 32.8 Å². The van der Waals surface area contributed by atoms with Gasteiger partial charge in [0.05, 0.1) is 22.9 Å². The number of hydrogen-bond acceptors (Lipinski definition) is 11. The van der Waals surface area contributed by atoms with Crippen molar-refractivity contribution in [3.05, 3.63) is 58.1 Å². The normalized spacial score (nSPS) is 18.2. The van der Waals surface area contributed by atoms with Crippen molar-refractivity contribution in [1.29, 1.82) is 5.26 Å². The molecule has 3 aromatic heterocycles. The maximum atomic E-state index is 15.9. The van der Waals surface area contributed by atoms with Crippen LogP contribution in [-0.4, -0.2) is 82.1 Å². The van der Waals surface area contributed by atoms with Gasteiger partial charge in [-0.1, -0.05) is 6.07 Å². The first-order valence-electron chi connectivity index (χ1n) is 17.2. The Kier molecular flexibility index (Phi) is 11.8. The number of halogens is 6. The highest BCUT2D eigenvalue weighted by Gasteiger charge is 2.38. The smallest absolute Gasteiger partial charge is 0.417 e. The summed E-state index contributed by atoms with van der Waals surface area (Å²) in [6.07, 6.45) is 0.0853. The molecule has 3 aliphatic heterocycles. The average Bonchev–Trinajstić information content (AvgIpc) is 3.99. The van der Waals surface area contributed by atoms with E-state index in [-0.39, 0.29) is 55.9 Å². The number of fused-ring (bicyclic) bond motifs is 3. The second kappa shape index (κ2) is 16.3. The van der Waals surface area contributed by atoms with E-state index in [9.17, 15) is 32.0 Å². The molecule has 2 unspecified atom stereocenters. The Morgan fingerprint density at radius 1 is 1.15 bits per heavy atom. The van der Waals surface area contributed by atoms with Crippen molar-refractivity contribution in [3.63, 3.8) is 0 Å². The summed E-state index contributed by atoms with van der Waals surface area (Å²) in [5.74, 6) is -2.06. The van der Waals surface area contributed by atoms with Crippen molar-refractivity contribution in [2.45, 2.75) is 57.4 Å². The molecular formula is C36H36F6N8O2S2. The van der Waals surface area contributed by atoms with Gasteiger partial charge < -0.3 is 20.7 Å². The molecule has 0 bridgehead atoms. The summed E-state index contributed by atoms with van der Waals surface area (Å²) in [7, 11) is 1.23. The van der Waals surface area contributed by atoms with E-state index in [1.54, 1.807) is 19.1 Å². The van der Waals surface area contributed by atoms with Crippen molar-refractivity contribution in [1.82, 2.24) is 24.1 Å². The Bertz CT molecular complexity index is 2170. The van der Waals surface area contributed by atoms with Crippen LogP contribution in [0, 0.1) is 23.0 Å². The zero-order chi connectivity index (χ0) is 38.7. The van der Waals surface area contributed by atoms with Crippen LogP contribution in [-0.2, 0) is 6.18 Å². The van der Waals surface area contributed by atoms with Gasteiger partial charge in [0.25, 0.3) is 5.91 Å². The van der Waals surface area contributed by atoms with Crippen LogP contribution in [0.5, 0.6) is 6.01 Å². The molecule has 5 aromatic rings. The zero-order valence-corrected chi connectivity index (χ0v) is 30.9. The average molecular weight is 791 g/mol. The Morgan fingerprint density at radius 2 is 1.91 bits per heavy atom. The number of anilines is 2. The molecule has 3 N–H and O–H groups in total. The number of carbonyl (C=O) groups is 1. The van der Waals surface area contributed by atoms with E-state index in [2.05, 4.69) is 24.6 Å². The number of carbonyl (C=O) groups excluding carboxylic acids is 1. The fourth-order valence-electron chi connectivity index (χ4n) is 7.03. The number of alkyl halides is 4. The molecule has 1 amide bonds. The van der Waals surface area contributed by atoms with Crippen LogP contribution in [0.2, 0.25) is 0 Å². The highest BCUT2D eigenvalue weighted by Crippen LogP contribution is 2.47. The second-order valence-electron chi connectivity index (χ2n) is 12.9. The number of likely N-dealkylation sites (tertiary alicyclic amines) is 1. The lowest BCUT2D eigenvalue weighted by Crippen LogP contribution is -2.27. The number of rotatable bonds is 5. The Morgan fingerprint density at radius 3 is 2.54 bits per heavy atom. The molecule has 286 valence electrons. The van der Waals surface area contributed by atoms with Crippen molar-refractivity contribution in [3.8, 4) is 23.2 Å². The molecule has 2 atom stereocenters. The number of hydrogen-bond donors (Lipinski definition) is 2.